The third-order valence-corrected chi connectivity index (χ3v) is 0.348. The largest absolute Gasteiger partial charge is 1.00 e. The molecule has 0 saturated carbocycles. The first-order chi connectivity index (χ1) is 2.27. The predicted octanol–water partition coefficient (Wildman–Crippen LogP) is -3.00. The van der Waals surface area contributed by atoms with E-state index in [1.54, 1.807) is 6.92 Å². The molecule has 1 amide bonds. The topological polar surface area (TPSA) is 43.1 Å². The smallest absolute Gasteiger partial charge is 1.00 e. The minimum absolute atomic E-state index is 0. The molecule has 0 spiro atoms. The molecule has 0 aliphatic heterocycles. The Balaban J connectivity index is -0.0000000800. The molecule has 0 aliphatic carbocycles. The number of hydrogen-bond acceptors (Lipinski definition) is 1. The molecular formula is C3H8NNaO. The first kappa shape index (κ1) is 9.69. The SMILES string of the molecule is CCC(N)=O.[H-].[Na+]. The van der Waals surface area contributed by atoms with Crippen LogP contribution in [0.5, 0.6) is 0 Å². The Kier molecular flexibility index (Phi) is 8.83. The fraction of sp³-hybridized carbons (Fsp3) is 0.667. The minimum Gasteiger partial charge on any atom is -1.00 e. The zero-order valence-electron chi connectivity index (χ0n) is 5.19. The molecule has 0 rings (SSSR count). The van der Waals surface area contributed by atoms with Gasteiger partial charge in [0.1, 0.15) is 0 Å². The summed E-state index contributed by atoms with van der Waals surface area (Å²) in [5.41, 5.74) is 4.65. The second-order valence-electron chi connectivity index (χ2n) is 0.820. The van der Waals surface area contributed by atoms with Gasteiger partial charge in [-0.05, 0) is 0 Å². The second-order valence-corrected chi connectivity index (χ2v) is 0.820. The molecule has 0 radical (unpaired) electrons. The van der Waals surface area contributed by atoms with Crippen LogP contribution in [0.4, 0.5) is 0 Å². The van der Waals surface area contributed by atoms with Crippen molar-refractivity contribution in [2.24, 2.45) is 5.73 Å². The van der Waals surface area contributed by atoms with E-state index in [-0.39, 0.29) is 36.9 Å². The van der Waals surface area contributed by atoms with E-state index in [9.17, 15) is 4.79 Å². The van der Waals surface area contributed by atoms with Gasteiger partial charge in [-0.3, -0.25) is 4.79 Å². The third kappa shape index (κ3) is 8.82. The van der Waals surface area contributed by atoms with E-state index in [0.717, 1.165) is 0 Å². The molecule has 0 saturated heterocycles. The van der Waals surface area contributed by atoms with Crippen molar-refractivity contribution in [2.45, 2.75) is 13.3 Å². The fourth-order valence-electron chi connectivity index (χ4n) is 0. The van der Waals surface area contributed by atoms with Crippen molar-refractivity contribution in [3.8, 4) is 0 Å². The average molecular weight is 97.1 g/mol. The molecule has 32 valence electrons. The second kappa shape index (κ2) is 5.47. The van der Waals surface area contributed by atoms with Crippen LogP contribution in [0.1, 0.15) is 14.8 Å². The molecule has 0 heterocycles. The number of hydrogen-bond donors (Lipinski definition) is 1. The summed E-state index contributed by atoms with van der Waals surface area (Å²) in [6.45, 7) is 1.72. The van der Waals surface area contributed by atoms with Gasteiger partial charge in [-0.2, -0.15) is 0 Å². The van der Waals surface area contributed by atoms with Crippen LogP contribution < -0.4 is 35.3 Å². The fourth-order valence-corrected chi connectivity index (χ4v) is 0. The van der Waals surface area contributed by atoms with Crippen molar-refractivity contribution < 1.29 is 35.8 Å². The first-order valence-electron chi connectivity index (χ1n) is 1.55. The van der Waals surface area contributed by atoms with Gasteiger partial charge in [0, 0.05) is 6.42 Å². The standard InChI is InChI=1S/C3H7NO.Na.H/c1-2-3(4)5;;/h2H2,1H3,(H2,4,5);;/q;+1;-1. The molecule has 0 aliphatic rings. The summed E-state index contributed by atoms with van der Waals surface area (Å²) in [6, 6.07) is 0. The van der Waals surface area contributed by atoms with Gasteiger partial charge in [0.05, 0.1) is 0 Å². The van der Waals surface area contributed by atoms with Gasteiger partial charge in [-0.15, -0.1) is 0 Å². The maximum atomic E-state index is 9.59. The van der Waals surface area contributed by atoms with E-state index < -0.39 is 0 Å². The quantitative estimate of drug-likeness (QED) is 0.348. The van der Waals surface area contributed by atoms with Crippen molar-refractivity contribution in [3.05, 3.63) is 0 Å². The van der Waals surface area contributed by atoms with Crippen LogP contribution in [0.3, 0.4) is 0 Å². The summed E-state index contributed by atoms with van der Waals surface area (Å²) < 4.78 is 0. The minimum atomic E-state index is -0.245. The van der Waals surface area contributed by atoms with Crippen molar-refractivity contribution in [1.82, 2.24) is 0 Å². The maximum Gasteiger partial charge on any atom is 1.00 e. The first-order valence-corrected chi connectivity index (χ1v) is 1.55. The van der Waals surface area contributed by atoms with Crippen LogP contribution in [-0.2, 0) is 4.79 Å². The number of carbonyl (C=O) groups is 1. The van der Waals surface area contributed by atoms with Crippen molar-refractivity contribution >= 4 is 5.91 Å². The van der Waals surface area contributed by atoms with Gasteiger partial charge >= 0.3 is 29.6 Å². The van der Waals surface area contributed by atoms with E-state index in [4.69, 9.17) is 0 Å². The number of rotatable bonds is 1. The Morgan fingerprint density at radius 3 is 2.17 bits per heavy atom. The summed E-state index contributed by atoms with van der Waals surface area (Å²) >= 11 is 0. The van der Waals surface area contributed by atoms with Crippen LogP contribution >= 0.6 is 0 Å². The van der Waals surface area contributed by atoms with Crippen LogP contribution in [0.2, 0.25) is 0 Å². The average Bonchev–Trinajstić information content (AvgIpc) is 1.38. The Morgan fingerprint density at radius 1 is 2.00 bits per heavy atom. The normalized spacial score (nSPS) is 6.17. The van der Waals surface area contributed by atoms with E-state index in [0.29, 0.717) is 6.42 Å². The molecule has 0 unspecified atom stereocenters. The van der Waals surface area contributed by atoms with Gasteiger partial charge in [0.2, 0.25) is 5.91 Å². The van der Waals surface area contributed by atoms with Gasteiger partial charge in [-0.25, -0.2) is 0 Å². The molecule has 2 N–H and O–H groups in total. The van der Waals surface area contributed by atoms with E-state index in [1.165, 1.54) is 0 Å². The molecule has 0 aromatic carbocycles. The molecule has 0 aromatic heterocycles. The maximum absolute atomic E-state index is 9.59. The Hall–Kier alpha value is 0.470. The molecular weight excluding hydrogens is 89.0 g/mol. The number of primary amides is 1. The summed E-state index contributed by atoms with van der Waals surface area (Å²) in [6.07, 6.45) is 0.444. The number of nitrogens with two attached hydrogens (primary N) is 1. The summed E-state index contributed by atoms with van der Waals surface area (Å²) in [5.74, 6) is -0.245. The number of carbonyl (C=O) groups excluding carboxylic acids is 1. The molecule has 0 fully saturated rings. The van der Waals surface area contributed by atoms with Gasteiger partial charge in [0.15, 0.2) is 0 Å². The summed E-state index contributed by atoms with van der Waals surface area (Å²) in [5, 5.41) is 0. The third-order valence-electron chi connectivity index (χ3n) is 0.348. The summed E-state index contributed by atoms with van der Waals surface area (Å²) in [7, 11) is 0. The van der Waals surface area contributed by atoms with E-state index in [1.807, 2.05) is 0 Å². The Labute approximate surface area is 60.9 Å². The zero-order chi connectivity index (χ0) is 4.28. The van der Waals surface area contributed by atoms with Crippen molar-refractivity contribution in [1.29, 1.82) is 0 Å². The monoisotopic (exact) mass is 97.1 g/mol. The molecule has 0 atom stereocenters. The van der Waals surface area contributed by atoms with Crippen LogP contribution in [-0.4, -0.2) is 5.91 Å². The predicted molar refractivity (Wildman–Crippen MR) is 20.6 cm³/mol. The van der Waals surface area contributed by atoms with Crippen LogP contribution in [0, 0.1) is 0 Å². The molecule has 0 aromatic rings. The van der Waals surface area contributed by atoms with Gasteiger partial charge in [0.25, 0.3) is 0 Å². The van der Waals surface area contributed by atoms with Crippen molar-refractivity contribution in [2.75, 3.05) is 0 Å². The Morgan fingerprint density at radius 2 is 2.17 bits per heavy atom. The molecule has 2 nitrogen and oxygen atoms in total. The van der Waals surface area contributed by atoms with Crippen LogP contribution in [0.15, 0.2) is 0 Å². The molecule has 3 heteroatoms. The summed E-state index contributed by atoms with van der Waals surface area (Å²) in [4.78, 5) is 9.59. The van der Waals surface area contributed by atoms with Crippen molar-refractivity contribution in [3.63, 3.8) is 0 Å². The van der Waals surface area contributed by atoms with Gasteiger partial charge in [-0.1, -0.05) is 6.92 Å². The molecule has 0 bridgehead atoms. The molecule has 6 heavy (non-hydrogen) atoms. The Bertz CT molecular complexity index is 50.2. The van der Waals surface area contributed by atoms with E-state index >= 15 is 0 Å². The number of amides is 1. The van der Waals surface area contributed by atoms with E-state index in [2.05, 4.69) is 5.73 Å². The van der Waals surface area contributed by atoms with Gasteiger partial charge < -0.3 is 7.16 Å². The van der Waals surface area contributed by atoms with Crippen LogP contribution in [0.25, 0.3) is 0 Å². The zero-order valence-corrected chi connectivity index (χ0v) is 6.19.